The molecule has 1 aliphatic rings. The number of nitrogens with zero attached hydrogens (tertiary/aromatic N) is 1. The fourth-order valence-electron chi connectivity index (χ4n) is 2.45. The van der Waals surface area contributed by atoms with Crippen molar-refractivity contribution in [2.75, 3.05) is 26.2 Å². The van der Waals surface area contributed by atoms with Crippen LogP contribution in [0.15, 0.2) is 24.3 Å². The van der Waals surface area contributed by atoms with Gasteiger partial charge in [0.1, 0.15) is 5.75 Å². The summed E-state index contributed by atoms with van der Waals surface area (Å²) in [6, 6.07) is 8.48. The Hall–Kier alpha value is -1.02. The zero-order valence-corrected chi connectivity index (χ0v) is 11.7. The van der Waals surface area contributed by atoms with E-state index in [9.17, 15) is 0 Å². The van der Waals surface area contributed by atoms with Gasteiger partial charge in [-0.05, 0) is 56.0 Å². The van der Waals surface area contributed by atoms with Gasteiger partial charge in [-0.15, -0.1) is 0 Å². The standard InChI is InChI=1S/C16H25NO/c1-14(2)15-7-5-8-16(13-15)18-12-6-11-17-9-3-4-10-17/h5,7-8,13-14H,3-4,6,9-12H2,1-2H3. The zero-order valence-electron chi connectivity index (χ0n) is 11.7. The van der Waals surface area contributed by atoms with Gasteiger partial charge >= 0.3 is 0 Å². The van der Waals surface area contributed by atoms with Crippen molar-refractivity contribution >= 4 is 0 Å². The summed E-state index contributed by atoms with van der Waals surface area (Å²) in [7, 11) is 0. The molecule has 1 heterocycles. The van der Waals surface area contributed by atoms with Gasteiger partial charge in [0.05, 0.1) is 6.61 Å². The highest BCUT2D eigenvalue weighted by atomic mass is 16.5. The molecular formula is C16H25NO. The molecule has 0 aliphatic carbocycles. The minimum absolute atomic E-state index is 0.568. The smallest absolute Gasteiger partial charge is 0.119 e. The normalized spacial score (nSPS) is 16.4. The molecule has 2 nitrogen and oxygen atoms in total. The predicted octanol–water partition coefficient (Wildman–Crippen LogP) is 3.67. The van der Waals surface area contributed by atoms with E-state index in [2.05, 4.69) is 43.0 Å². The molecule has 18 heavy (non-hydrogen) atoms. The van der Waals surface area contributed by atoms with Crippen LogP contribution in [0.1, 0.15) is 44.6 Å². The molecule has 2 heteroatoms. The van der Waals surface area contributed by atoms with Gasteiger partial charge in [-0.1, -0.05) is 26.0 Å². The molecule has 0 unspecified atom stereocenters. The molecule has 2 rings (SSSR count). The molecule has 1 fully saturated rings. The first-order valence-electron chi connectivity index (χ1n) is 7.21. The molecule has 0 saturated carbocycles. The Bertz CT molecular complexity index is 356. The average Bonchev–Trinajstić information content (AvgIpc) is 2.88. The van der Waals surface area contributed by atoms with Crippen molar-refractivity contribution in [1.82, 2.24) is 4.90 Å². The fraction of sp³-hybridized carbons (Fsp3) is 0.625. The molecule has 0 spiro atoms. The molecule has 0 bridgehead atoms. The zero-order chi connectivity index (χ0) is 12.8. The van der Waals surface area contributed by atoms with Crippen LogP contribution >= 0.6 is 0 Å². The van der Waals surface area contributed by atoms with Crippen molar-refractivity contribution < 1.29 is 4.74 Å². The summed E-state index contributed by atoms with van der Waals surface area (Å²) in [5, 5.41) is 0. The lowest BCUT2D eigenvalue weighted by molar-refractivity contribution is 0.263. The van der Waals surface area contributed by atoms with E-state index in [4.69, 9.17) is 4.74 Å². The van der Waals surface area contributed by atoms with Gasteiger partial charge in [-0.3, -0.25) is 0 Å². The van der Waals surface area contributed by atoms with Crippen molar-refractivity contribution in [2.24, 2.45) is 0 Å². The van der Waals surface area contributed by atoms with Crippen LogP contribution in [-0.2, 0) is 0 Å². The van der Waals surface area contributed by atoms with Crippen LogP contribution in [0, 0.1) is 0 Å². The number of hydrogen-bond donors (Lipinski definition) is 0. The second-order valence-electron chi connectivity index (χ2n) is 5.48. The Morgan fingerprint density at radius 2 is 2.00 bits per heavy atom. The summed E-state index contributed by atoms with van der Waals surface area (Å²) >= 11 is 0. The quantitative estimate of drug-likeness (QED) is 0.711. The molecule has 1 aliphatic heterocycles. The van der Waals surface area contributed by atoms with E-state index < -0.39 is 0 Å². The number of ether oxygens (including phenoxy) is 1. The third-order valence-electron chi connectivity index (χ3n) is 3.61. The maximum absolute atomic E-state index is 5.83. The summed E-state index contributed by atoms with van der Waals surface area (Å²) < 4.78 is 5.83. The summed E-state index contributed by atoms with van der Waals surface area (Å²) in [5.41, 5.74) is 1.35. The van der Waals surface area contributed by atoms with Crippen molar-refractivity contribution in [3.8, 4) is 5.75 Å². The first kappa shape index (κ1) is 13.4. The highest BCUT2D eigenvalue weighted by molar-refractivity contribution is 5.30. The fourth-order valence-corrected chi connectivity index (χ4v) is 2.45. The van der Waals surface area contributed by atoms with E-state index in [1.54, 1.807) is 0 Å². The number of hydrogen-bond acceptors (Lipinski definition) is 2. The maximum Gasteiger partial charge on any atom is 0.119 e. The van der Waals surface area contributed by atoms with Gasteiger partial charge in [0.15, 0.2) is 0 Å². The average molecular weight is 247 g/mol. The lowest BCUT2D eigenvalue weighted by atomic mass is 10.0. The molecule has 100 valence electrons. The first-order valence-corrected chi connectivity index (χ1v) is 7.21. The van der Waals surface area contributed by atoms with Crippen LogP contribution in [0.25, 0.3) is 0 Å². The minimum Gasteiger partial charge on any atom is -0.494 e. The van der Waals surface area contributed by atoms with Crippen LogP contribution < -0.4 is 4.74 Å². The van der Waals surface area contributed by atoms with E-state index >= 15 is 0 Å². The van der Waals surface area contributed by atoms with Crippen LogP contribution in [-0.4, -0.2) is 31.1 Å². The molecule has 1 aromatic rings. The van der Waals surface area contributed by atoms with E-state index in [0.717, 1.165) is 18.8 Å². The van der Waals surface area contributed by atoms with Crippen molar-refractivity contribution in [3.63, 3.8) is 0 Å². The first-order chi connectivity index (χ1) is 8.75. The van der Waals surface area contributed by atoms with Gasteiger partial charge in [-0.25, -0.2) is 0 Å². The SMILES string of the molecule is CC(C)c1cccc(OCCCN2CCCC2)c1. The Kier molecular flexibility index (Phi) is 5.06. The second kappa shape index (κ2) is 6.79. The van der Waals surface area contributed by atoms with E-state index in [1.165, 1.54) is 38.0 Å². The summed E-state index contributed by atoms with van der Waals surface area (Å²) in [5.74, 6) is 1.58. The summed E-state index contributed by atoms with van der Waals surface area (Å²) in [6.45, 7) is 9.01. The molecule has 1 saturated heterocycles. The van der Waals surface area contributed by atoms with Gasteiger partial charge in [0.2, 0.25) is 0 Å². The predicted molar refractivity (Wildman–Crippen MR) is 76.3 cm³/mol. The van der Waals surface area contributed by atoms with Gasteiger partial charge in [0.25, 0.3) is 0 Å². The highest BCUT2D eigenvalue weighted by Gasteiger charge is 2.10. The molecule has 0 atom stereocenters. The topological polar surface area (TPSA) is 12.5 Å². The summed E-state index contributed by atoms with van der Waals surface area (Å²) in [4.78, 5) is 2.54. The van der Waals surface area contributed by atoms with E-state index in [0.29, 0.717) is 5.92 Å². The second-order valence-corrected chi connectivity index (χ2v) is 5.48. The molecule has 0 N–H and O–H groups in total. The van der Waals surface area contributed by atoms with Crippen LogP contribution in [0.3, 0.4) is 0 Å². The minimum atomic E-state index is 0.568. The van der Waals surface area contributed by atoms with Gasteiger partial charge in [-0.2, -0.15) is 0 Å². The van der Waals surface area contributed by atoms with E-state index in [1.807, 2.05) is 0 Å². The van der Waals surface area contributed by atoms with Gasteiger partial charge < -0.3 is 9.64 Å². The third kappa shape index (κ3) is 4.02. The number of rotatable bonds is 6. The monoisotopic (exact) mass is 247 g/mol. The molecule has 0 aromatic heterocycles. The Morgan fingerprint density at radius 1 is 1.22 bits per heavy atom. The van der Waals surface area contributed by atoms with Crippen LogP contribution in [0.5, 0.6) is 5.75 Å². The Morgan fingerprint density at radius 3 is 2.72 bits per heavy atom. The third-order valence-corrected chi connectivity index (χ3v) is 3.61. The van der Waals surface area contributed by atoms with Gasteiger partial charge in [0, 0.05) is 6.54 Å². The molecule has 1 aromatic carbocycles. The van der Waals surface area contributed by atoms with Crippen molar-refractivity contribution in [2.45, 2.75) is 39.0 Å². The number of likely N-dealkylation sites (tertiary alicyclic amines) is 1. The van der Waals surface area contributed by atoms with Crippen LogP contribution in [0.4, 0.5) is 0 Å². The largest absolute Gasteiger partial charge is 0.494 e. The maximum atomic E-state index is 5.83. The molecule has 0 radical (unpaired) electrons. The number of benzene rings is 1. The highest BCUT2D eigenvalue weighted by Crippen LogP contribution is 2.20. The Balaban J connectivity index is 1.70. The Labute approximate surface area is 111 Å². The van der Waals surface area contributed by atoms with Crippen molar-refractivity contribution in [3.05, 3.63) is 29.8 Å². The lowest BCUT2D eigenvalue weighted by Crippen LogP contribution is -2.21. The van der Waals surface area contributed by atoms with Crippen molar-refractivity contribution in [1.29, 1.82) is 0 Å². The summed E-state index contributed by atoms with van der Waals surface area (Å²) in [6.07, 6.45) is 3.88. The van der Waals surface area contributed by atoms with E-state index in [-0.39, 0.29) is 0 Å². The molecular weight excluding hydrogens is 222 g/mol. The van der Waals surface area contributed by atoms with Crippen LogP contribution in [0.2, 0.25) is 0 Å². The molecule has 0 amide bonds. The lowest BCUT2D eigenvalue weighted by Gasteiger charge is -2.15.